The molecule has 0 aromatic heterocycles. The fraction of sp³-hybridized carbons (Fsp3) is 0.500. The quantitative estimate of drug-likeness (QED) is 0.872. The van der Waals surface area contributed by atoms with Gasteiger partial charge in [-0.15, -0.1) is 0 Å². The van der Waals surface area contributed by atoms with Crippen LogP contribution in [-0.4, -0.2) is 23.7 Å². The molecule has 1 aromatic carbocycles. The van der Waals surface area contributed by atoms with Crippen molar-refractivity contribution < 1.29 is 14.6 Å². The van der Waals surface area contributed by atoms with Gasteiger partial charge < -0.3 is 9.84 Å². The molecule has 0 spiro atoms. The van der Waals surface area contributed by atoms with Gasteiger partial charge in [0.2, 0.25) is 0 Å². The van der Waals surface area contributed by atoms with Gasteiger partial charge in [-0.2, -0.15) is 0 Å². The molecule has 0 aliphatic carbocycles. The highest BCUT2D eigenvalue weighted by Crippen LogP contribution is 2.33. The molecular formula is C14H18BrNO3. The Morgan fingerprint density at radius 1 is 1.53 bits per heavy atom. The number of hydrogen-bond donors (Lipinski definition) is 2. The Morgan fingerprint density at radius 3 is 2.89 bits per heavy atom. The summed E-state index contributed by atoms with van der Waals surface area (Å²) in [7, 11) is 0. The number of carboxylic acid groups (broad SMARTS) is 1. The van der Waals surface area contributed by atoms with E-state index >= 15 is 0 Å². The van der Waals surface area contributed by atoms with Gasteiger partial charge in [0.05, 0.1) is 6.61 Å². The predicted molar refractivity (Wildman–Crippen MR) is 76.4 cm³/mol. The van der Waals surface area contributed by atoms with Gasteiger partial charge >= 0.3 is 5.97 Å². The SMILES string of the molecule is CC(C)[C@@H](NCc1cc(Br)cc2c1OCC2)C(=O)O. The molecule has 1 heterocycles. The monoisotopic (exact) mass is 327 g/mol. The zero-order valence-electron chi connectivity index (χ0n) is 11.1. The smallest absolute Gasteiger partial charge is 0.320 e. The molecule has 0 amide bonds. The van der Waals surface area contributed by atoms with Crippen molar-refractivity contribution in [1.29, 1.82) is 0 Å². The minimum absolute atomic E-state index is 0.0404. The first kappa shape index (κ1) is 14.3. The normalized spacial score (nSPS) is 15.2. The standard InChI is InChI=1S/C14H18BrNO3/c1-8(2)12(14(17)18)16-7-10-6-11(15)5-9-3-4-19-13(9)10/h5-6,8,12,16H,3-4,7H2,1-2H3,(H,17,18)/t12-/m1/s1. The minimum Gasteiger partial charge on any atom is -0.493 e. The fourth-order valence-electron chi connectivity index (χ4n) is 2.31. The molecule has 2 N–H and O–H groups in total. The van der Waals surface area contributed by atoms with Crippen molar-refractivity contribution in [2.45, 2.75) is 32.9 Å². The van der Waals surface area contributed by atoms with E-state index in [2.05, 4.69) is 27.3 Å². The molecule has 0 saturated heterocycles. The van der Waals surface area contributed by atoms with Crippen LogP contribution >= 0.6 is 15.9 Å². The molecule has 0 saturated carbocycles. The number of fused-ring (bicyclic) bond motifs is 1. The summed E-state index contributed by atoms with van der Waals surface area (Å²) in [6, 6.07) is 3.50. The third kappa shape index (κ3) is 3.28. The van der Waals surface area contributed by atoms with Gasteiger partial charge in [0.1, 0.15) is 11.8 Å². The van der Waals surface area contributed by atoms with Crippen LogP contribution in [0.1, 0.15) is 25.0 Å². The molecule has 4 nitrogen and oxygen atoms in total. The Labute approximate surface area is 121 Å². The molecule has 1 aliphatic rings. The van der Waals surface area contributed by atoms with Crippen LogP contribution in [0.3, 0.4) is 0 Å². The fourth-order valence-corrected chi connectivity index (χ4v) is 2.86. The molecule has 1 atom stereocenters. The van der Waals surface area contributed by atoms with Gasteiger partial charge in [-0.1, -0.05) is 29.8 Å². The molecule has 0 unspecified atom stereocenters. The third-order valence-corrected chi connectivity index (χ3v) is 3.73. The third-order valence-electron chi connectivity index (χ3n) is 3.27. The van der Waals surface area contributed by atoms with Crippen LogP contribution < -0.4 is 10.1 Å². The van der Waals surface area contributed by atoms with Crippen LogP contribution in [0.15, 0.2) is 16.6 Å². The Bertz CT molecular complexity index is 488. The van der Waals surface area contributed by atoms with Crippen LogP contribution in [0.5, 0.6) is 5.75 Å². The highest BCUT2D eigenvalue weighted by Gasteiger charge is 2.23. The lowest BCUT2D eigenvalue weighted by molar-refractivity contribution is -0.140. The van der Waals surface area contributed by atoms with Crippen molar-refractivity contribution in [3.05, 3.63) is 27.7 Å². The Kier molecular flexibility index (Phi) is 4.47. The average molecular weight is 328 g/mol. The molecule has 104 valence electrons. The number of rotatable bonds is 5. The van der Waals surface area contributed by atoms with Crippen LogP contribution in [0, 0.1) is 5.92 Å². The molecule has 2 rings (SSSR count). The van der Waals surface area contributed by atoms with Gasteiger partial charge in [0.25, 0.3) is 0 Å². The van der Waals surface area contributed by atoms with Crippen molar-refractivity contribution in [1.82, 2.24) is 5.32 Å². The minimum atomic E-state index is -0.817. The summed E-state index contributed by atoms with van der Waals surface area (Å²) in [6.45, 7) is 4.99. The van der Waals surface area contributed by atoms with E-state index in [9.17, 15) is 4.79 Å². The predicted octanol–water partition coefficient (Wildman–Crippen LogP) is 2.58. The Hall–Kier alpha value is -1.07. The van der Waals surface area contributed by atoms with E-state index in [-0.39, 0.29) is 5.92 Å². The maximum atomic E-state index is 11.2. The largest absolute Gasteiger partial charge is 0.493 e. The second-order valence-corrected chi connectivity index (χ2v) is 6.01. The van der Waals surface area contributed by atoms with Gasteiger partial charge in [0.15, 0.2) is 0 Å². The number of ether oxygens (including phenoxy) is 1. The summed E-state index contributed by atoms with van der Waals surface area (Å²) < 4.78 is 6.63. The number of halogens is 1. The summed E-state index contributed by atoms with van der Waals surface area (Å²) in [6.07, 6.45) is 0.911. The maximum absolute atomic E-state index is 11.2. The van der Waals surface area contributed by atoms with Crippen LogP contribution in [0.25, 0.3) is 0 Å². The van der Waals surface area contributed by atoms with E-state index in [0.29, 0.717) is 13.2 Å². The van der Waals surface area contributed by atoms with Crippen LogP contribution in [-0.2, 0) is 17.8 Å². The van der Waals surface area contributed by atoms with Crippen molar-refractivity contribution >= 4 is 21.9 Å². The lowest BCUT2D eigenvalue weighted by atomic mass is 10.0. The summed E-state index contributed by atoms with van der Waals surface area (Å²) in [5.74, 6) is 0.129. The molecule has 1 aliphatic heterocycles. The van der Waals surface area contributed by atoms with Gasteiger partial charge in [0, 0.05) is 23.0 Å². The molecular weight excluding hydrogens is 310 g/mol. The summed E-state index contributed by atoms with van der Waals surface area (Å²) in [4.78, 5) is 11.2. The number of hydrogen-bond acceptors (Lipinski definition) is 3. The van der Waals surface area contributed by atoms with E-state index in [4.69, 9.17) is 9.84 Å². The van der Waals surface area contributed by atoms with Crippen LogP contribution in [0.4, 0.5) is 0 Å². The number of nitrogens with one attached hydrogen (secondary N) is 1. The first-order chi connectivity index (χ1) is 8.99. The zero-order chi connectivity index (χ0) is 14.0. The van der Waals surface area contributed by atoms with Crippen molar-refractivity contribution in [3.8, 4) is 5.75 Å². The number of carboxylic acids is 1. The number of carbonyl (C=O) groups is 1. The van der Waals surface area contributed by atoms with Crippen molar-refractivity contribution in [2.75, 3.05) is 6.61 Å². The van der Waals surface area contributed by atoms with Crippen molar-refractivity contribution in [3.63, 3.8) is 0 Å². The highest BCUT2D eigenvalue weighted by atomic mass is 79.9. The first-order valence-electron chi connectivity index (χ1n) is 6.39. The van der Waals surface area contributed by atoms with Gasteiger partial charge in [-0.3, -0.25) is 10.1 Å². The summed E-state index contributed by atoms with van der Waals surface area (Å²) in [5.41, 5.74) is 2.19. The van der Waals surface area contributed by atoms with Gasteiger partial charge in [-0.05, 0) is 23.6 Å². The van der Waals surface area contributed by atoms with E-state index < -0.39 is 12.0 Å². The lowest BCUT2D eigenvalue weighted by Crippen LogP contribution is -2.40. The molecule has 0 fully saturated rings. The van der Waals surface area contributed by atoms with E-state index in [0.717, 1.165) is 22.2 Å². The molecule has 0 bridgehead atoms. The Balaban J connectivity index is 2.14. The maximum Gasteiger partial charge on any atom is 0.320 e. The van der Waals surface area contributed by atoms with E-state index in [1.165, 1.54) is 5.56 Å². The molecule has 5 heteroatoms. The topological polar surface area (TPSA) is 58.6 Å². The highest BCUT2D eigenvalue weighted by molar-refractivity contribution is 9.10. The van der Waals surface area contributed by atoms with E-state index in [1.54, 1.807) is 0 Å². The first-order valence-corrected chi connectivity index (χ1v) is 7.18. The molecule has 1 aromatic rings. The second-order valence-electron chi connectivity index (χ2n) is 5.09. The average Bonchev–Trinajstić information content (AvgIpc) is 2.75. The Morgan fingerprint density at radius 2 is 2.26 bits per heavy atom. The summed E-state index contributed by atoms with van der Waals surface area (Å²) >= 11 is 3.48. The van der Waals surface area contributed by atoms with Crippen molar-refractivity contribution in [2.24, 2.45) is 5.92 Å². The lowest BCUT2D eigenvalue weighted by Gasteiger charge is -2.19. The molecule has 0 radical (unpaired) electrons. The van der Waals surface area contributed by atoms with Gasteiger partial charge in [-0.25, -0.2) is 0 Å². The number of aliphatic carboxylic acids is 1. The zero-order valence-corrected chi connectivity index (χ0v) is 12.7. The van der Waals surface area contributed by atoms with E-state index in [1.807, 2.05) is 19.9 Å². The summed E-state index contributed by atoms with van der Waals surface area (Å²) in [5, 5.41) is 12.3. The van der Waals surface area contributed by atoms with Crippen LogP contribution in [0.2, 0.25) is 0 Å². The number of benzene rings is 1. The molecule has 19 heavy (non-hydrogen) atoms. The second kappa shape index (κ2) is 5.92.